The molecule has 1 aromatic carbocycles. The molecule has 0 aliphatic carbocycles. The summed E-state index contributed by atoms with van der Waals surface area (Å²) in [4.78, 5) is 18.9. The minimum Gasteiger partial charge on any atom is -0.497 e. The van der Waals surface area contributed by atoms with E-state index in [0.29, 0.717) is 24.7 Å². The van der Waals surface area contributed by atoms with Crippen molar-refractivity contribution in [2.24, 2.45) is 0 Å². The van der Waals surface area contributed by atoms with Crippen molar-refractivity contribution < 1.29 is 18.8 Å². The Kier molecular flexibility index (Phi) is 6.64. The van der Waals surface area contributed by atoms with Crippen LogP contribution in [-0.2, 0) is 17.7 Å². The number of likely N-dealkylation sites (tertiary alicyclic amines) is 1. The Morgan fingerprint density at radius 3 is 3.07 bits per heavy atom. The molecular weight excluding hydrogens is 348 g/mol. The molecule has 2 aromatic rings. The molecule has 0 spiro atoms. The van der Waals surface area contributed by atoms with Crippen molar-refractivity contribution in [1.82, 2.24) is 20.4 Å². The predicted molar refractivity (Wildman–Crippen MR) is 98.4 cm³/mol. The smallest absolute Gasteiger partial charge is 0.318 e. The first kappa shape index (κ1) is 19.2. The molecule has 0 radical (unpaired) electrons. The number of nitrogens with one attached hydrogen (secondary N) is 1. The van der Waals surface area contributed by atoms with Gasteiger partial charge in [-0.3, -0.25) is 0 Å². The third-order valence-corrected chi connectivity index (χ3v) is 4.67. The first-order valence-electron chi connectivity index (χ1n) is 9.20. The number of urea groups is 1. The number of benzene rings is 1. The molecule has 1 atom stereocenters. The largest absolute Gasteiger partial charge is 0.497 e. The number of piperidine rings is 1. The zero-order valence-corrected chi connectivity index (χ0v) is 15.8. The van der Waals surface area contributed by atoms with Crippen LogP contribution < -0.4 is 10.1 Å². The number of carbonyl (C=O) groups is 1. The van der Waals surface area contributed by atoms with Crippen LogP contribution in [0.4, 0.5) is 4.79 Å². The number of carbonyl (C=O) groups excluding carboxylic acids is 1. The van der Waals surface area contributed by atoms with Crippen molar-refractivity contribution in [3.63, 3.8) is 0 Å². The van der Waals surface area contributed by atoms with Gasteiger partial charge in [0, 0.05) is 20.1 Å². The number of nitrogens with zero attached hydrogens (tertiary/aromatic N) is 3. The van der Waals surface area contributed by atoms with Crippen molar-refractivity contribution in [3.05, 3.63) is 41.5 Å². The lowest BCUT2D eigenvalue weighted by Gasteiger charge is -2.36. The second kappa shape index (κ2) is 9.36. The fourth-order valence-electron chi connectivity index (χ4n) is 3.28. The lowest BCUT2D eigenvalue weighted by Crippen LogP contribution is -2.44. The van der Waals surface area contributed by atoms with Gasteiger partial charge in [-0.15, -0.1) is 0 Å². The number of rotatable bonds is 7. The average Bonchev–Trinajstić information content (AvgIpc) is 3.18. The van der Waals surface area contributed by atoms with Crippen LogP contribution in [0.1, 0.15) is 42.6 Å². The highest BCUT2D eigenvalue weighted by molar-refractivity contribution is 5.74. The highest BCUT2D eigenvalue weighted by Crippen LogP contribution is 2.32. The van der Waals surface area contributed by atoms with E-state index in [1.54, 1.807) is 14.2 Å². The Labute approximate surface area is 158 Å². The number of hydrogen-bond donors (Lipinski definition) is 1. The Hall–Kier alpha value is -2.61. The van der Waals surface area contributed by atoms with Crippen LogP contribution in [0.5, 0.6) is 5.75 Å². The zero-order chi connectivity index (χ0) is 19.1. The quantitative estimate of drug-likeness (QED) is 0.801. The summed E-state index contributed by atoms with van der Waals surface area (Å²) in [6.07, 6.45) is 3.61. The normalized spacial score (nSPS) is 17.0. The van der Waals surface area contributed by atoms with Crippen LogP contribution >= 0.6 is 0 Å². The summed E-state index contributed by atoms with van der Waals surface area (Å²) in [5, 5.41) is 6.78. The van der Waals surface area contributed by atoms with Crippen molar-refractivity contribution in [2.75, 3.05) is 27.4 Å². The number of hydrogen-bond acceptors (Lipinski definition) is 6. The molecule has 2 heterocycles. The average molecular weight is 374 g/mol. The van der Waals surface area contributed by atoms with Gasteiger partial charge in [-0.25, -0.2) is 4.79 Å². The van der Waals surface area contributed by atoms with Gasteiger partial charge in [-0.1, -0.05) is 17.3 Å². The van der Waals surface area contributed by atoms with Crippen LogP contribution in [0.2, 0.25) is 0 Å². The maximum Gasteiger partial charge on any atom is 0.318 e. The Morgan fingerprint density at radius 2 is 2.26 bits per heavy atom. The number of ether oxygens (including phenoxy) is 2. The molecule has 1 aromatic heterocycles. The van der Waals surface area contributed by atoms with E-state index in [1.165, 1.54) is 0 Å². The maximum absolute atomic E-state index is 12.8. The first-order valence-corrected chi connectivity index (χ1v) is 9.20. The minimum atomic E-state index is -0.126. The van der Waals surface area contributed by atoms with E-state index in [2.05, 4.69) is 15.5 Å². The molecule has 1 fully saturated rings. The molecule has 0 saturated carbocycles. The molecule has 1 aliphatic rings. The monoisotopic (exact) mass is 374 g/mol. The molecule has 1 N–H and O–H groups in total. The first-order chi connectivity index (χ1) is 13.2. The van der Waals surface area contributed by atoms with Crippen molar-refractivity contribution in [2.45, 2.75) is 38.3 Å². The summed E-state index contributed by atoms with van der Waals surface area (Å²) in [5.41, 5.74) is 1.09. The van der Waals surface area contributed by atoms with Crippen LogP contribution in [0.25, 0.3) is 0 Å². The van der Waals surface area contributed by atoms with Gasteiger partial charge >= 0.3 is 6.03 Å². The fourth-order valence-corrected chi connectivity index (χ4v) is 3.28. The SMILES string of the molecule is COCCc1noc(CNC(=O)N2CCCC[C@@H]2c2cccc(OC)c2)n1. The van der Waals surface area contributed by atoms with Gasteiger partial charge in [0.15, 0.2) is 5.82 Å². The van der Waals surface area contributed by atoms with Gasteiger partial charge in [0.2, 0.25) is 5.89 Å². The van der Waals surface area contributed by atoms with Crippen molar-refractivity contribution in [1.29, 1.82) is 0 Å². The Morgan fingerprint density at radius 1 is 1.37 bits per heavy atom. The molecule has 2 amide bonds. The van der Waals surface area contributed by atoms with Gasteiger partial charge in [-0.05, 0) is 37.0 Å². The zero-order valence-electron chi connectivity index (χ0n) is 15.8. The fraction of sp³-hybridized carbons (Fsp3) is 0.526. The van der Waals surface area contributed by atoms with Gasteiger partial charge in [0.25, 0.3) is 0 Å². The molecule has 1 aliphatic heterocycles. The molecular formula is C19H26N4O4. The molecule has 146 valence electrons. The summed E-state index contributed by atoms with van der Waals surface area (Å²) in [7, 11) is 3.27. The molecule has 0 bridgehead atoms. The van der Waals surface area contributed by atoms with E-state index < -0.39 is 0 Å². The Bertz CT molecular complexity index is 749. The van der Waals surface area contributed by atoms with Crippen LogP contribution in [0.15, 0.2) is 28.8 Å². The molecule has 8 heteroatoms. The van der Waals surface area contributed by atoms with E-state index in [1.807, 2.05) is 29.2 Å². The predicted octanol–water partition coefficient (Wildman–Crippen LogP) is 2.70. The standard InChI is InChI=1S/C19H26N4O4/c1-25-11-9-17-21-18(27-22-17)13-20-19(24)23-10-4-3-8-16(23)14-6-5-7-15(12-14)26-2/h5-7,12,16H,3-4,8-11,13H2,1-2H3,(H,20,24)/t16-/m1/s1. The number of methoxy groups -OCH3 is 2. The topological polar surface area (TPSA) is 89.7 Å². The van der Waals surface area contributed by atoms with Crippen molar-refractivity contribution >= 4 is 6.03 Å². The van der Waals surface area contributed by atoms with Crippen LogP contribution in [-0.4, -0.2) is 48.4 Å². The van der Waals surface area contributed by atoms with E-state index in [0.717, 1.165) is 37.1 Å². The summed E-state index contributed by atoms with van der Waals surface area (Å²) < 4.78 is 15.5. The second-order valence-corrected chi connectivity index (χ2v) is 6.49. The number of amides is 2. The van der Waals surface area contributed by atoms with Crippen LogP contribution in [0.3, 0.4) is 0 Å². The van der Waals surface area contributed by atoms with Crippen molar-refractivity contribution in [3.8, 4) is 5.75 Å². The summed E-state index contributed by atoms with van der Waals surface area (Å²) in [6, 6.07) is 7.81. The third-order valence-electron chi connectivity index (χ3n) is 4.67. The minimum absolute atomic E-state index is 0.0359. The van der Waals surface area contributed by atoms with E-state index in [4.69, 9.17) is 14.0 Å². The van der Waals surface area contributed by atoms with E-state index >= 15 is 0 Å². The summed E-state index contributed by atoms with van der Waals surface area (Å²) in [6.45, 7) is 1.46. The maximum atomic E-state index is 12.8. The van der Waals surface area contributed by atoms with Gasteiger partial charge < -0.3 is 24.2 Å². The van der Waals surface area contributed by atoms with Gasteiger partial charge in [0.1, 0.15) is 5.75 Å². The second-order valence-electron chi connectivity index (χ2n) is 6.49. The van der Waals surface area contributed by atoms with E-state index in [9.17, 15) is 4.79 Å². The van der Waals surface area contributed by atoms with E-state index in [-0.39, 0.29) is 18.6 Å². The molecule has 0 unspecified atom stereocenters. The third kappa shape index (κ3) is 4.97. The molecule has 3 rings (SSSR count). The lowest BCUT2D eigenvalue weighted by molar-refractivity contribution is 0.150. The summed E-state index contributed by atoms with van der Waals surface area (Å²) >= 11 is 0. The molecule has 8 nitrogen and oxygen atoms in total. The van der Waals surface area contributed by atoms with Gasteiger partial charge in [0.05, 0.1) is 26.3 Å². The highest BCUT2D eigenvalue weighted by atomic mass is 16.5. The Balaban J connectivity index is 1.62. The van der Waals surface area contributed by atoms with Gasteiger partial charge in [-0.2, -0.15) is 4.98 Å². The van der Waals surface area contributed by atoms with Crippen LogP contribution in [0, 0.1) is 0 Å². The molecule has 1 saturated heterocycles. The summed E-state index contributed by atoms with van der Waals surface area (Å²) in [5.74, 6) is 1.77. The highest BCUT2D eigenvalue weighted by Gasteiger charge is 2.28. The lowest BCUT2D eigenvalue weighted by atomic mass is 9.95. The molecule has 27 heavy (non-hydrogen) atoms. The number of aromatic nitrogens is 2.